The number of nitro benzene ring substituents is 1. The van der Waals surface area contributed by atoms with Gasteiger partial charge in [-0.2, -0.15) is 0 Å². The molecule has 1 heterocycles. The van der Waals surface area contributed by atoms with E-state index >= 15 is 0 Å². The Balaban J connectivity index is 0.00000312. The molecule has 1 aromatic rings. The van der Waals surface area contributed by atoms with Gasteiger partial charge in [-0.15, -0.1) is 24.0 Å². The molecule has 0 aromatic heterocycles. The van der Waals surface area contributed by atoms with Gasteiger partial charge in [-0.05, 0) is 38.7 Å². The molecule has 1 saturated heterocycles. The highest BCUT2D eigenvalue weighted by atomic mass is 127. The van der Waals surface area contributed by atoms with Crippen LogP contribution in [0.4, 0.5) is 5.69 Å². The third-order valence-electron chi connectivity index (χ3n) is 3.76. The highest BCUT2D eigenvalue weighted by molar-refractivity contribution is 14.0. The van der Waals surface area contributed by atoms with Gasteiger partial charge in [-0.25, -0.2) is 4.99 Å². The molecule has 0 spiro atoms. The highest BCUT2D eigenvalue weighted by Crippen LogP contribution is 2.13. The summed E-state index contributed by atoms with van der Waals surface area (Å²) in [7, 11) is 0. The number of benzene rings is 1. The molecule has 0 aliphatic carbocycles. The second-order valence-corrected chi connectivity index (χ2v) is 6.26. The number of hydrogen-bond donors (Lipinski definition) is 2. The van der Waals surface area contributed by atoms with E-state index in [0.29, 0.717) is 6.54 Å². The van der Waals surface area contributed by atoms with E-state index in [-0.39, 0.29) is 41.8 Å². The molecule has 25 heavy (non-hydrogen) atoms. The van der Waals surface area contributed by atoms with Gasteiger partial charge >= 0.3 is 0 Å². The monoisotopic (exact) mass is 462 g/mol. The standard InChI is InChI=1S/C17H26N4O3.HI/c1-13(2)20-17(19-12-16-5-3-4-10-24-16)18-11-14-6-8-15(9-7-14)21(22)23;/h6-9,13,16H,3-5,10-12H2,1-2H3,(H2,18,19,20);1H. The Morgan fingerprint density at radius 2 is 2.08 bits per heavy atom. The van der Waals surface area contributed by atoms with Crippen LogP contribution in [0.3, 0.4) is 0 Å². The highest BCUT2D eigenvalue weighted by Gasteiger charge is 2.14. The predicted octanol–water partition coefficient (Wildman–Crippen LogP) is 3.23. The molecule has 2 N–H and O–H groups in total. The number of guanidine groups is 1. The van der Waals surface area contributed by atoms with Gasteiger partial charge in [0.1, 0.15) is 0 Å². The van der Waals surface area contributed by atoms with E-state index in [1.165, 1.54) is 18.6 Å². The number of nitrogens with zero attached hydrogens (tertiary/aromatic N) is 2. The average molecular weight is 462 g/mol. The lowest BCUT2D eigenvalue weighted by Gasteiger charge is -2.24. The van der Waals surface area contributed by atoms with Crippen molar-refractivity contribution in [2.75, 3.05) is 13.2 Å². The third kappa shape index (κ3) is 8.00. The Morgan fingerprint density at radius 3 is 2.64 bits per heavy atom. The molecular weight excluding hydrogens is 435 g/mol. The van der Waals surface area contributed by atoms with Gasteiger partial charge in [0.05, 0.1) is 17.6 Å². The van der Waals surface area contributed by atoms with Crippen molar-refractivity contribution in [1.29, 1.82) is 0 Å². The lowest BCUT2D eigenvalue weighted by Crippen LogP contribution is -2.45. The molecule has 7 nitrogen and oxygen atoms in total. The number of nitrogens with one attached hydrogen (secondary N) is 2. The number of hydrogen-bond acceptors (Lipinski definition) is 4. The minimum absolute atomic E-state index is 0. The van der Waals surface area contributed by atoms with E-state index in [4.69, 9.17) is 4.74 Å². The fourth-order valence-corrected chi connectivity index (χ4v) is 2.50. The van der Waals surface area contributed by atoms with Gasteiger partial charge in [0.15, 0.2) is 5.96 Å². The van der Waals surface area contributed by atoms with Crippen molar-refractivity contribution in [2.24, 2.45) is 4.99 Å². The summed E-state index contributed by atoms with van der Waals surface area (Å²) in [5.74, 6) is 0.734. The first-order valence-electron chi connectivity index (χ1n) is 8.44. The molecule has 1 fully saturated rings. The zero-order chi connectivity index (χ0) is 17.4. The summed E-state index contributed by atoms with van der Waals surface area (Å²) in [6, 6.07) is 6.74. The van der Waals surface area contributed by atoms with Crippen LogP contribution in [0.25, 0.3) is 0 Å². The predicted molar refractivity (Wildman–Crippen MR) is 110 cm³/mol. The van der Waals surface area contributed by atoms with E-state index in [1.54, 1.807) is 12.1 Å². The number of nitro groups is 1. The molecule has 140 valence electrons. The molecular formula is C17H27IN4O3. The molecule has 1 aromatic carbocycles. The number of ether oxygens (including phenoxy) is 1. The summed E-state index contributed by atoms with van der Waals surface area (Å²) in [5.41, 5.74) is 1.02. The fourth-order valence-electron chi connectivity index (χ4n) is 2.50. The lowest BCUT2D eigenvalue weighted by atomic mass is 10.1. The maximum atomic E-state index is 10.7. The molecule has 1 aliphatic rings. The summed E-state index contributed by atoms with van der Waals surface area (Å²) >= 11 is 0. The largest absolute Gasteiger partial charge is 0.376 e. The van der Waals surface area contributed by atoms with Gasteiger partial charge in [0.2, 0.25) is 0 Å². The van der Waals surface area contributed by atoms with Crippen molar-refractivity contribution in [3.63, 3.8) is 0 Å². The second kappa shape index (κ2) is 11.2. The van der Waals surface area contributed by atoms with Crippen LogP contribution in [0, 0.1) is 10.1 Å². The van der Waals surface area contributed by atoms with Crippen molar-refractivity contribution >= 4 is 35.6 Å². The Kier molecular flexibility index (Phi) is 9.73. The minimum atomic E-state index is -0.398. The van der Waals surface area contributed by atoms with Crippen LogP contribution in [0.2, 0.25) is 0 Å². The molecule has 1 aliphatic heterocycles. The number of non-ortho nitro benzene ring substituents is 1. The first-order valence-corrected chi connectivity index (χ1v) is 8.44. The first-order chi connectivity index (χ1) is 11.5. The molecule has 1 atom stereocenters. The molecule has 1 unspecified atom stereocenters. The molecule has 0 amide bonds. The zero-order valence-electron chi connectivity index (χ0n) is 14.7. The second-order valence-electron chi connectivity index (χ2n) is 6.26. The summed E-state index contributed by atoms with van der Waals surface area (Å²) in [6.07, 6.45) is 3.66. The summed E-state index contributed by atoms with van der Waals surface area (Å²) in [4.78, 5) is 14.8. The van der Waals surface area contributed by atoms with Gasteiger partial charge in [0.25, 0.3) is 5.69 Å². The maximum absolute atomic E-state index is 10.7. The van der Waals surface area contributed by atoms with Gasteiger partial charge < -0.3 is 15.4 Å². The van der Waals surface area contributed by atoms with E-state index in [1.807, 2.05) is 0 Å². The normalized spacial score (nSPS) is 17.7. The Bertz CT molecular complexity index is 558. The number of aliphatic imine (C=N–C) groups is 1. The molecule has 8 heteroatoms. The zero-order valence-corrected chi connectivity index (χ0v) is 17.1. The van der Waals surface area contributed by atoms with Crippen LogP contribution in [-0.4, -0.2) is 36.2 Å². The summed E-state index contributed by atoms with van der Waals surface area (Å²) in [5, 5.41) is 17.3. The van der Waals surface area contributed by atoms with Crippen molar-refractivity contribution < 1.29 is 9.66 Å². The third-order valence-corrected chi connectivity index (χ3v) is 3.76. The average Bonchev–Trinajstić information content (AvgIpc) is 2.58. The van der Waals surface area contributed by atoms with Crippen LogP contribution in [0.5, 0.6) is 0 Å². The molecule has 0 radical (unpaired) electrons. The van der Waals surface area contributed by atoms with Crippen molar-refractivity contribution in [2.45, 2.75) is 51.8 Å². The van der Waals surface area contributed by atoms with Crippen molar-refractivity contribution in [3.8, 4) is 0 Å². The summed E-state index contributed by atoms with van der Waals surface area (Å²) < 4.78 is 5.72. The topological polar surface area (TPSA) is 88.8 Å². The molecule has 0 saturated carbocycles. The first kappa shape index (κ1) is 21.6. The Labute approximate surface area is 165 Å². The van der Waals surface area contributed by atoms with Gasteiger partial charge in [0, 0.05) is 31.3 Å². The quantitative estimate of drug-likeness (QED) is 0.223. The fraction of sp³-hybridized carbons (Fsp3) is 0.588. The lowest BCUT2D eigenvalue weighted by molar-refractivity contribution is -0.384. The Morgan fingerprint density at radius 1 is 1.36 bits per heavy atom. The maximum Gasteiger partial charge on any atom is 0.269 e. The summed E-state index contributed by atoms with van der Waals surface area (Å²) in [6.45, 7) is 6.14. The van der Waals surface area contributed by atoms with Gasteiger partial charge in [-0.1, -0.05) is 12.1 Å². The van der Waals surface area contributed by atoms with E-state index < -0.39 is 4.92 Å². The SMILES string of the molecule is CC(C)NC(=NCc1ccc([N+](=O)[O-])cc1)NCC1CCCCO1.I. The number of rotatable bonds is 6. The number of halogens is 1. The van der Waals surface area contributed by atoms with Crippen LogP contribution in [0.15, 0.2) is 29.3 Å². The van der Waals surface area contributed by atoms with Crippen LogP contribution in [0.1, 0.15) is 38.7 Å². The van der Waals surface area contributed by atoms with Gasteiger partial charge in [-0.3, -0.25) is 10.1 Å². The van der Waals surface area contributed by atoms with Crippen LogP contribution >= 0.6 is 24.0 Å². The van der Waals surface area contributed by atoms with Crippen LogP contribution < -0.4 is 10.6 Å². The van der Waals surface area contributed by atoms with Crippen molar-refractivity contribution in [1.82, 2.24) is 10.6 Å². The molecule has 0 bridgehead atoms. The smallest absolute Gasteiger partial charge is 0.269 e. The minimum Gasteiger partial charge on any atom is -0.376 e. The van der Waals surface area contributed by atoms with E-state index in [0.717, 1.165) is 37.5 Å². The van der Waals surface area contributed by atoms with Crippen molar-refractivity contribution in [3.05, 3.63) is 39.9 Å². The van der Waals surface area contributed by atoms with E-state index in [2.05, 4.69) is 29.5 Å². The Hall–Kier alpha value is -1.42. The van der Waals surface area contributed by atoms with Crippen LogP contribution in [-0.2, 0) is 11.3 Å². The molecule has 2 rings (SSSR count). The van der Waals surface area contributed by atoms with E-state index in [9.17, 15) is 10.1 Å².